The van der Waals surface area contributed by atoms with Gasteiger partial charge in [-0.05, 0) is 40.5 Å². The van der Waals surface area contributed by atoms with E-state index in [1.807, 2.05) is 11.6 Å². The van der Waals surface area contributed by atoms with Crippen molar-refractivity contribution >= 4 is 17.3 Å². The smallest absolute Gasteiger partial charge is 0.191 e. The Balaban J connectivity index is 1.66. The minimum Gasteiger partial charge on any atom is -0.357 e. The SMILES string of the molecule is CCNC(=NCCc1sc(C)nc1C)NC1CCCn2nc(C)nc21. The van der Waals surface area contributed by atoms with Gasteiger partial charge in [0, 0.05) is 30.9 Å². The number of aromatic nitrogens is 4. The first kappa shape index (κ1) is 17.8. The summed E-state index contributed by atoms with van der Waals surface area (Å²) in [5, 5.41) is 12.5. The number of guanidine groups is 1. The monoisotopic (exact) mass is 361 g/mol. The van der Waals surface area contributed by atoms with Crippen molar-refractivity contribution in [2.24, 2.45) is 4.99 Å². The summed E-state index contributed by atoms with van der Waals surface area (Å²) >= 11 is 1.77. The molecule has 0 saturated carbocycles. The number of rotatable bonds is 5. The summed E-state index contributed by atoms with van der Waals surface area (Å²) in [7, 11) is 0. The van der Waals surface area contributed by atoms with Crippen LogP contribution in [-0.4, -0.2) is 38.8 Å². The lowest BCUT2D eigenvalue weighted by Crippen LogP contribution is -2.41. The van der Waals surface area contributed by atoms with Crippen molar-refractivity contribution in [3.05, 3.63) is 27.2 Å². The van der Waals surface area contributed by atoms with Gasteiger partial charge in [-0.3, -0.25) is 4.99 Å². The van der Waals surface area contributed by atoms with Crippen molar-refractivity contribution in [2.45, 2.75) is 59.5 Å². The van der Waals surface area contributed by atoms with E-state index in [4.69, 9.17) is 4.99 Å². The van der Waals surface area contributed by atoms with Gasteiger partial charge in [0.1, 0.15) is 11.6 Å². The Morgan fingerprint density at radius 3 is 2.88 bits per heavy atom. The van der Waals surface area contributed by atoms with Crippen LogP contribution in [-0.2, 0) is 13.0 Å². The summed E-state index contributed by atoms with van der Waals surface area (Å²) in [5.41, 5.74) is 1.13. The molecule has 3 rings (SSSR count). The maximum Gasteiger partial charge on any atom is 0.191 e. The Hall–Kier alpha value is -1.96. The average Bonchev–Trinajstić information content (AvgIpc) is 3.09. The Morgan fingerprint density at radius 1 is 1.32 bits per heavy atom. The van der Waals surface area contributed by atoms with E-state index in [1.165, 1.54) is 4.88 Å². The highest BCUT2D eigenvalue weighted by Crippen LogP contribution is 2.23. The molecule has 1 aliphatic heterocycles. The second-order valence-electron chi connectivity index (χ2n) is 6.33. The zero-order chi connectivity index (χ0) is 17.8. The van der Waals surface area contributed by atoms with Crippen molar-refractivity contribution in [1.29, 1.82) is 0 Å². The highest BCUT2D eigenvalue weighted by molar-refractivity contribution is 7.11. The van der Waals surface area contributed by atoms with E-state index < -0.39 is 0 Å². The minimum atomic E-state index is 0.167. The first-order chi connectivity index (χ1) is 12.1. The Kier molecular flexibility index (Phi) is 5.67. The zero-order valence-electron chi connectivity index (χ0n) is 15.5. The van der Waals surface area contributed by atoms with Crippen LogP contribution in [0, 0.1) is 20.8 Å². The van der Waals surface area contributed by atoms with E-state index in [9.17, 15) is 0 Å². The van der Waals surface area contributed by atoms with Gasteiger partial charge in [0.2, 0.25) is 0 Å². The molecule has 136 valence electrons. The molecule has 0 saturated heterocycles. The van der Waals surface area contributed by atoms with Crippen molar-refractivity contribution in [3.8, 4) is 0 Å². The number of hydrogen-bond donors (Lipinski definition) is 2. The molecule has 0 aliphatic carbocycles. The molecule has 1 aliphatic rings. The van der Waals surface area contributed by atoms with E-state index in [2.05, 4.69) is 46.5 Å². The molecule has 2 aromatic rings. The molecule has 2 N–H and O–H groups in total. The van der Waals surface area contributed by atoms with Gasteiger partial charge in [-0.25, -0.2) is 14.6 Å². The lowest BCUT2D eigenvalue weighted by molar-refractivity contribution is 0.397. The molecule has 0 aromatic carbocycles. The van der Waals surface area contributed by atoms with Crippen LogP contribution in [0.2, 0.25) is 0 Å². The normalized spacial score (nSPS) is 17.4. The summed E-state index contributed by atoms with van der Waals surface area (Å²) in [6.45, 7) is 10.7. The van der Waals surface area contributed by atoms with Gasteiger partial charge in [0.05, 0.1) is 16.7 Å². The quantitative estimate of drug-likeness (QED) is 0.631. The van der Waals surface area contributed by atoms with E-state index in [1.54, 1.807) is 11.3 Å². The van der Waals surface area contributed by atoms with Gasteiger partial charge < -0.3 is 10.6 Å². The van der Waals surface area contributed by atoms with Crippen molar-refractivity contribution in [2.75, 3.05) is 13.1 Å². The van der Waals surface area contributed by atoms with Gasteiger partial charge in [-0.1, -0.05) is 0 Å². The highest BCUT2D eigenvalue weighted by Gasteiger charge is 2.24. The molecule has 0 fully saturated rings. The number of fused-ring (bicyclic) bond motifs is 1. The predicted octanol–water partition coefficient (Wildman–Crippen LogP) is 2.29. The standard InChI is InChI=1S/C17H27N7S/c1-5-18-17(19-9-8-15-11(2)20-13(4)25-15)22-14-7-6-10-24-16(14)21-12(3)23-24/h14H,5-10H2,1-4H3,(H2,18,19,22). The fraction of sp³-hybridized carbons (Fsp3) is 0.647. The van der Waals surface area contributed by atoms with Crippen molar-refractivity contribution < 1.29 is 0 Å². The van der Waals surface area contributed by atoms with Crippen LogP contribution < -0.4 is 10.6 Å². The van der Waals surface area contributed by atoms with E-state index in [0.717, 1.165) is 67.2 Å². The predicted molar refractivity (Wildman–Crippen MR) is 101 cm³/mol. The van der Waals surface area contributed by atoms with E-state index in [0.29, 0.717) is 0 Å². The Morgan fingerprint density at radius 2 is 2.16 bits per heavy atom. The lowest BCUT2D eigenvalue weighted by atomic mass is 10.1. The summed E-state index contributed by atoms with van der Waals surface area (Å²) in [6, 6.07) is 0.167. The molecule has 8 heteroatoms. The lowest BCUT2D eigenvalue weighted by Gasteiger charge is -2.25. The number of thiazole rings is 1. The van der Waals surface area contributed by atoms with Crippen LogP contribution in [0.15, 0.2) is 4.99 Å². The number of hydrogen-bond acceptors (Lipinski definition) is 5. The van der Waals surface area contributed by atoms with Crippen LogP contribution in [0.25, 0.3) is 0 Å². The van der Waals surface area contributed by atoms with Gasteiger partial charge in [0.15, 0.2) is 5.96 Å². The summed E-state index contributed by atoms with van der Waals surface area (Å²) in [5.74, 6) is 2.70. The fourth-order valence-corrected chi connectivity index (χ4v) is 4.09. The summed E-state index contributed by atoms with van der Waals surface area (Å²) in [6.07, 6.45) is 3.08. The molecule has 2 aromatic heterocycles. The van der Waals surface area contributed by atoms with Gasteiger partial charge >= 0.3 is 0 Å². The molecule has 0 radical (unpaired) electrons. The molecule has 0 amide bonds. The first-order valence-corrected chi connectivity index (χ1v) is 9.77. The highest BCUT2D eigenvalue weighted by atomic mass is 32.1. The van der Waals surface area contributed by atoms with Crippen molar-refractivity contribution in [3.63, 3.8) is 0 Å². The molecule has 3 heterocycles. The summed E-state index contributed by atoms with van der Waals surface area (Å²) in [4.78, 5) is 15.1. The van der Waals surface area contributed by atoms with Gasteiger partial charge in [-0.15, -0.1) is 11.3 Å². The average molecular weight is 362 g/mol. The molecular formula is C17H27N7S. The Bertz CT molecular complexity index is 746. The molecule has 25 heavy (non-hydrogen) atoms. The topological polar surface area (TPSA) is 80.0 Å². The second kappa shape index (κ2) is 7.95. The molecule has 1 unspecified atom stereocenters. The fourth-order valence-electron chi connectivity index (χ4n) is 3.16. The molecule has 0 spiro atoms. The van der Waals surface area contributed by atoms with E-state index in [-0.39, 0.29) is 6.04 Å². The second-order valence-corrected chi connectivity index (χ2v) is 7.62. The maximum atomic E-state index is 4.75. The zero-order valence-corrected chi connectivity index (χ0v) is 16.3. The summed E-state index contributed by atoms with van der Waals surface area (Å²) < 4.78 is 2.02. The number of nitrogens with one attached hydrogen (secondary N) is 2. The number of aliphatic imine (C=N–C) groups is 1. The molecule has 0 bridgehead atoms. The van der Waals surface area contributed by atoms with Crippen LogP contribution >= 0.6 is 11.3 Å². The molecular weight excluding hydrogens is 334 g/mol. The molecule has 7 nitrogen and oxygen atoms in total. The third-order valence-corrected chi connectivity index (χ3v) is 5.38. The maximum absolute atomic E-state index is 4.75. The van der Waals surface area contributed by atoms with Gasteiger partial charge in [0.25, 0.3) is 0 Å². The van der Waals surface area contributed by atoms with Gasteiger partial charge in [-0.2, -0.15) is 5.10 Å². The Labute approximate surface area is 153 Å². The minimum absolute atomic E-state index is 0.167. The van der Waals surface area contributed by atoms with Crippen molar-refractivity contribution in [1.82, 2.24) is 30.4 Å². The third-order valence-electron chi connectivity index (χ3n) is 4.24. The van der Waals surface area contributed by atoms with Crippen LogP contribution in [0.1, 0.15) is 53.0 Å². The van der Waals surface area contributed by atoms with Crippen LogP contribution in [0.4, 0.5) is 0 Å². The first-order valence-electron chi connectivity index (χ1n) is 8.96. The van der Waals surface area contributed by atoms with E-state index >= 15 is 0 Å². The number of aryl methyl sites for hydroxylation is 4. The molecule has 1 atom stereocenters. The van der Waals surface area contributed by atoms with Crippen LogP contribution in [0.5, 0.6) is 0 Å². The largest absolute Gasteiger partial charge is 0.357 e. The number of nitrogens with zero attached hydrogens (tertiary/aromatic N) is 5. The third kappa shape index (κ3) is 4.36. The van der Waals surface area contributed by atoms with Crippen LogP contribution in [0.3, 0.4) is 0 Å².